The summed E-state index contributed by atoms with van der Waals surface area (Å²) in [5.74, 6) is 0. The summed E-state index contributed by atoms with van der Waals surface area (Å²) in [6.45, 7) is 0.271. The molecule has 130 valence electrons. The van der Waals surface area contributed by atoms with Crippen LogP contribution in [0.4, 0.5) is 0 Å². The fourth-order valence-corrected chi connectivity index (χ4v) is 4.21. The summed E-state index contributed by atoms with van der Waals surface area (Å²) in [5, 5.41) is -0.0461. The van der Waals surface area contributed by atoms with E-state index in [0.29, 0.717) is 4.47 Å². The predicted octanol–water partition coefficient (Wildman–Crippen LogP) is 2.95. The summed E-state index contributed by atoms with van der Waals surface area (Å²) in [6.07, 6.45) is 2.19. The minimum Gasteiger partial charge on any atom is -0.305 e. The van der Waals surface area contributed by atoms with E-state index >= 15 is 0 Å². The van der Waals surface area contributed by atoms with Crippen LogP contribution in [-0.2, 0) is 16.4 Å². The number of likely N-dealkylation sites (N-methyl/N-ethyl adjacent to an activating group) is 1. The second kappa shape index (κ2) is 8.40. The second-order valence-corrected chi connectivity index (χ2v) is 8.61. The summed E-state index contributed by atoms with van der Waals surface area (Å²) in [5.41, 5.74) is 1.15. The highest BCUT2D eigenvalue weighted by Gasteiger charge is 2.22. The summed E-state index contributed by atoms with van der Waals surface area (Å²) in [6, 6.07) is 11.4. The van der Waals surface area contributed by atoms with Crippen LogP contribution in [0.5, 0.6) is 0 Å². The lowest BCUT2D eigenvalue weighted by atomic mass is 10.1. The molecule has 8 heteroatoms. The van der Waals surface area contributed by atoms with Gasteiger partial charge in [0.25, 0.3) is 0 Å². The largest absolute Gasteiger partial charge is 0.305 e. The Morgan fingerprint density at radius 2 is 1.96 bits per heavy atom. The Morgan fingerprint density at radius 3 is 2.58 bits per heavy atom. The molecule has 2 aromatic rings. The average molecular weight is 433 g/mol. The van der Waals surface area contributed by atoms with Crippen molar-refractivity contribution in [3.8, 4) is 0 Å². The molecule has 24 heavy (non-hydrogen) atoms. The number of sulfonamides is 1. The molecule has 2 rings (SSSR count). The first-order valence-electron chi connectivity index (χ1n) is 7.30. The molecule has 0 amide bonds. The van der Waals surface area contributed by atoms with E-state index in [-0.39, 0.29) is 22.6 Å². The number of aromatic nitrogens is 1. The van der Waals surface area contributed by atoms with Crippen molar-refractivity contribution < 1.29 is 8.42 Å². The van der Waals surface area contributed by atoms with Gasteiger partial charge in [-0.1, -0.05) is 41.9 Å². The maximum atomic E-state index is 12.5. The Balaban J connectivity index is 2.12. The molecule has 0 aliphatic heterocycles. The Hall–Kier alpha value is -0.990. The van der Waals surface area contributed by atoms with Crippen LogP contribution in [-0.4, -0.2) is 45.0 Å². The molecule has 1 heterocycles. The quantitative estimate of drug-likeness (QED) is 0.683. The van der Waals surface area contributed by atoms with Crippen LogP contribution in [0.15, 0.2) is 52.0 Å². The number of benzene rings is 1. The molecule has 1 aromatic carbocycles. The fourth-order valence-electron chi connectivity index (χ4n) is 2.20. The maximum Gasteiger partial charge on any atom is 0.243 e. The number of pyridine rings is 1. The van der Waals surface area contributed by atoms with Crippen LogP contribution in [0, 0.1) is 0 Å². The minimum absolute atomic E-state index is 0.0149. The number of nitrogens with zero attached hydrogens (tertiary/aromatic N) is 2. The van der Waals surface area contributed by atoms with E-state index in [1.807, 2.05) is 49.3 Å². The van der Waals surface area contributed by atoms with Gasteiger partial charge < -0.3 is 4.90 Å². The van der Waals surface area contributed by atoms with Crippen LogP contribution in [0.1, 0.15) is 5.56 Å². The standard InChI is InChI=1S/C16H19BrClN3O2S/c1-21(2)14(8-12-6-4-3-5-7-12)11-20-24(22,23)15-9-13(17)10-19-16(15)18/h3-7,9-10,14,20H,8,11H2,1-2H3. The van der Waals surface area contributed by atoms with Gasteiger partial charge in [-0.3, -0.25) is 0 Å². The van der Waals surface area contributed by atoms with Crippen LogP contribution in [0.25, 0.3) is 0 Å². The van der Waals surface area contributed by atoms with Crippen molar-refractivity contribution in [1.29, 1.82) is 0 Å². The van der Waals surface area contributed by atoms with Crippen molar-refractivity contribution in [2.75, 3.05) is 20.6 Å². The van der Waals surface area contributed by atoms with Gasteiger partial charge in [-0.2, -0.15) is 0 Å². The molecule has 0 bridgehead atoms. The van der Waals surface area contributed by atoms with E-state index < -0.39 is 10.0 Å². The summed E-state index contributed by atoms with van der Waals surface area (Å²) in [4.78, 5) is 5.83. The van der Waals surface area contributed by atoms with Crippen molar-refractivity contribution in [1.82, 2.24) is 14.6 Å². The first-order chi connectivity index (χ1) is 11.3. The second-order valence-electron chi connectivity index (χ2n) is 5.60. The number of hydrogen-bond acceptors (Lipinski definition) is 4. The van der Waals surface area contributed by atoms with Crippen molar-refractivity contribution in [3.05, 3.63) is 57.8 Å². The number of nitrogens with one attached hydrogen (secondary N) is 1. The molecular weight excluding hydrogens is 414 g/mol. The van der Waals surface area contributed by atoms with Crippen LogP contribution in [0.3, 0.4) is 0 Å². The zero-order valence-corrected chi connectivity index (χ0v) is 16.6. The summed E-state index contributed by atoms with van der Waals surface area (Å²) >= 11 is 9.14. The molecule has 1 aromatic heterocycles. The summed E-state index contributed by atoms with van der Waals surface area (Å²) < 4.78 is 28.2. The molecule has 0 aliphatic rings. The van der Waals surface area contributed by atoms with Crippen LogP contribution in [0.2, 0.25) is 5.15 Å². The Labute approximate surface area is 156 Å². The molecule has 0 spiro atoms. The molecule has 1 unspecified atom stereocenters. The van der Waals surface area contributed by atoms with Gasteiger partial charge in [0, 0.05) is 23.3 Å². The zero-order valence-electron chi connectivity index (χ0n) is 13.4. The smallest absolute Gasteiger partial charge is 0.243 e. The topological polar surface area (TPSA) is 62.3 Å². The van der Waals surface area contributed by atoms with Crippen LogP contribution < -0.4 is 4.72 Å². The number of halogens is 2. The average Bonchev–Trinajstić information content (AvgIpc) is 2.54. The molecular formula is C16H19BrClN3O2S. The monoisotopic (exact) mass is 431 g/mol. The van der Waals surface area contributed by atoms with Gasteiger partial charge in [-0.25, -0.2) is 18.1 Å². The van der Waals surface area contributed by atoms with E-state index in [1.54, 1.807) is 0 Å². The molecule has 0 aliphatic carbocycles. The SMILES string of the molecule is CN(C)C(CNS(=O)(=O)c1cc(Br)cnc1Cl)Cc1ccccc1. The van der Waals surface area contributed by atoms with Gasteiger partial charge in [0.15, 0.2) is 0 Å². The maximum absolute atomic E-state index is 12.5. The fraction of sp³-hybridized carbons (Fsp3) is 0.312. The number of rotatable bonds is 7. The Kier molecular flexibility index (Phi) is 6.77. The molecule has 0 fully saturated rings. The first-order valence-corrected chi connectivity index (χ1v) is 9.96. The normalized spacial score (nSPS) is 13.2. The molecule has 0 saturated carbocycles. The lowest BCUT2D eigenvalue weighted by molar-refractivity contribution is 0.291. The third-order valence-electron chi connectivity index (χ3n) is 3.62. The van der Waals surface area contributed by atoms with Crippen molar-refractivity contribution in [3.63, 3.8) is 0 Å². The van der Waals surface area contributed by atoms with Gasteiger partial charge in [-0.05, 0) is 48.1 Å². The molecule has 0 saturated heterocycles. The highest BCUT2D eigenvalue weighted by atomic mass is 79.9. The Bertz CT molecular complexity index is 785. The van der Waals surface area contributed by atoms with Gasteiger partial charge in [0.1, 0.15) is 10.0 Å². The number of hydrogen-bond donors (Lipinski definition) is 1. The van der Waals surface area contributed by atoms with E-state index in [0.717, 1.165) is 12.0 Å². The highest BCUT2D eigenvalue weighted by molar-refractivity contribution is 9.10. The third kappa shape index (κ3) is 5.26. The predicted molar refractivity (Wildman–Crippen MR) is 99.8 cm³/mol. The van der Waals surface area contributed by atoms with Crippen molar-refractivity contribution in [2.24, 2.45) is 0 Å². The van der Waals surface area contributed by atoms with E-state index in [9.17, 15) is 8.42 Å². The van der Waals surface area contributed by atoms with E-state index in [4.69, 9.17) is 11.6 Å². The minimum atomic E-state index is -3.74. The van der Waals surface area contributed by atoms with Gasteiger partial charge in [0.05, 0.1) is 0 Å². The van der Waals surface area contributed by atoms with E-state index in [1.165, 1.54) is 12.3 Å². The third-order valence-corrected chi connectivity index (χ3v) is 5.90. The van der Waals surface area contributed by atoms with Gasteiger partial charge in [0.2, 0.25) is 10.0 Å². The molecule has 1 atom stereocenters. The lowest BCUT2D eigenvalue weighted by Gasteiger charge is -2.24. The Morgan fingerprint density at radius 1 is 1.29 bits per heavy atom. The van der Waals surface area contributed by atoms with Gasteiger partial charge >= 0.3 is 0 Å². The van der Waals surface area contributed by atoms with Gasteiger partial charge in [-0.15, -0.1) is 0 Å². The molecule has 5 nitrogen and oxygen atoms in total. The first kappa shape index (κ1) is 19.3. The van der Waals surface area contributed by atoms with E-state index in [2.05, 4.69) is 25.6 Å². The van der Waals surface area contributed by atoms with Crippen LogP contribution >= 0.6 is 27.5 Å². The highest BCUT2D eigenvalue weighted by Crippen LogP contribution is 2.22. The lowest BCUT2D eigenvalue weighted by Crippen LogP contribution is -2.41. The molecule has 1 N–H and O–H groups in total. The van der Waals surface area contributed by atoms with Crippen molar-refractivity contribution >= 4 is 37.6 Å². The molecule has 0 radical (unpaired) electrons. The van der Waals surface area contributed by atoms with Crippen molar-refractivity contribution in [2.45, 2.75) is 17.4 Å². The summed E-state index contributed by atoms with van der Waals surface area (Å²) in [7, 11) is 0.117. The zero-order chi connectivity index (χ0) is 17.7.